The van der Waals surface area contributed by atoms with E-state index in [0.29, 0.717) is 23.9 Å². The first kappa shape index (κ1) is 16.8. The topological polar surface area (TPSA) is 41.6 Å². The van der Waals surface area contributed by atoms with Crippen LogP contribution in [0.2, 0.25) is 5.02 Å². The van der Waals surface area contributed by atoms with Crippen LogP contribution in [0.5, 0.6) is 0 Å². The van der Waals surface area contributed by atoms with Gasteiger partial charge in [0.15, 0.2) is 0 Å². The molecular formula is C19H21ClN2O2. The molecule has 2 aromatic carbocycles. The number of hydrogen-bond donors (Lipinski definition) is 1. The Morgan fingerprint density at radius 1 is 1.21 bits per heavy atom. The average molecular weight is 345 g/mol. The van der Waals surface area contributed by atoms with Crippen LogP contribution >= 0.6 is 11.6 Å². The van der Waals surface area contributed by atoms with Gasteiger partial charge in [0.05, 0.1) is 12.7 Å². The molecule has 1 fully saturated rings. The number of hydrogen-bond acceptors (Lipinski definition) is 2. The van der Waals surface area contributed by atoms with Gasteiger partial charge in [-0.05, 0) is 36.6 Å². The van der Waals surface area contributed by atoms with Gasteiger partial charge in [-0.3, -0.25) is 0 Å². The zero-order valence-corrected chi connectivity index (χ0v) is 14.2. The highest BCUT2D eigenvalue weighted by Crippen LogP contribution is 2.18. The largest absolute Gasteiger partial charge is 0.372 e. The zero-order valence-electron chi connectivity index (χ0n) is 13.5. The Labute approximate surface area is 147 Å². The van der Waals surface area contributed by atoms with E-state index in [1.807, 2.05) is 42.5 Å². The molecule has 0 unspecified atom stereocenters. The smallest absolute Gasteiger partial charge is 0.321 e. The van der Waals surface area contributed by atoms with Gasteiger partial charge in [0, 0.05) is 23.8 Å². The molecule has 2 amide bonds. The van der Waals surface area contributed by atoms with Gasteiger partial charge in [-0.25, -0.2) is 4.79 Å². The third-order valence-corrected chi connectivity index (χ3v) is 4.30. The number of carbonyl (C=O) groups excluding carboxylic acids is 1. The van der Waals surface area contributed by atoms with Gasteiger partial charge in [-0.1, -0.05) is 48.0 Å². The molecule has 24 heavy (non-hydrogen) atoms. The lowest BCUT2D eigenvalue weighted by Gasteiger charge is -2.32. The molecule has 0 aromatic heterocycles. The second-order valence-electron chi connectivity index (χ2n) is 5.95. The third kappa shape index (κ3) is 4.73. The number of rotatable bonds is 4. The van der Waals surface area contributed by atoms with E-state index >= 15 is 0 Å². The molecule has 1 aliphatic heterocycles. The third-order valence-electron chi connectivity index (χ3n) is 4.07. The molecule has 0 bridgehead atoms. The Morgan fingerprint density at radius 2 is 2.04 bits per heavy atom. The number of likely N-dealkylation sites (tertiary alicyclic amines) is 1. The standard InChI is InChI=1S/C19H21ClN2O2/c20-16-8-4-9-17(12-16)21-19(23)22-11-5-10-18(13-22)24-14-15-6-2-1-3-7-15/h1-4,6-9,12,18H,5,10-11,13-14H2,(H,21,23)/t18-/m0/s1. The quantitative estimate of drug-likeness (QED) is 0.883. The molecule has 1 saturated heterocycles. The summed E-state index contributed by atoms with van der Waals surface area (Å²) >= 11 is 5.95. The van der Waals surface area contributed by atoms with Crippen LogP contribution in [-0.4, -0.2) is 30.1 Å². The van der Waals surface area contributed by atoms with Crippen LogP contribution in [0.3, 0.4) is 0 Å². The van der Waals surface area contributed by atoms with Crippen molar-refractivity contribution in [2.45, 2.75) is 25.6 Å². The predicted molar refractivity (Wildman–Crippen MR) is 96.3 cm³/mol. The van der Waals surface area contributed by atoms with Crippen molar-refractivity contribution in [3.05, 3.63) is 65.2 Å². The number of nitrogens with one attached hydrogen (secondary N) is 1. The highest BCUT2D eigenvalue weighted by molar-refractivity contribution is 6.30. The summed E-state index contributed by atoms with van der Waals surface area (Å²) in [5.41, 5.74) is 1.86. The maximum Gasteiger partial charge on any atom is 0.321 e. The minimum absolute atomic E-state index is 0.0732. The first-order valence-electron chi connectivity index (χ1n) is 8.18. The van der Waals surface area contributed by atoms with Gasteiger partial charge in [0.1, 0.15) is 0 Å². The van der Waals surface area contributed by atoms with Gasteiger partial charge < -0.3 is 15.0 Å². The zero-order chi connectivity index (χ0) is 16.8. The second kappa shape index (κ2) is 8.18. The van der Waals surface area contributed by atoms with Crippen LogP contribution in [0.4, 0.5) is 10.5 Å². The molecule has 0 radical (unpaired) electrons. The van der Waals surface area contributed by atoms with Gasteiger partial charge >= 0.3 is 6.03 Å². The normalized spacial score (nSPS) is 17.5. The van der Waals surface area contributed by atoms with E-state index in [-0.39, 0.29) is 12.1 Å². The number of benzene rings is 2. The molecule has 0 saturated carbocycles. The summed E-state index contributed by atoms with van der Waals surface area (Å²) in [5, 5.41) is 3.50. The number of ether oxygens (including phenoxy) is 1. The molecule has 126 valence electrons. The molecule has 0 aliphatic carbocycles. The lowest BCUT2D eigenvalue weighted by atomic mass is 10.1. The van der Waals surface area contributed by atoms with Crippen molar-refractivity contribution in [1.82, 2.24) is 4.90 Å². The van der Waals surface area contributed by atoms with E-state index in [9.17, 15) is 4.79 Å². The fourth-order valence-corrected chi connectivity index (χ4v) is 3.01. The average Bonchev–Trinajstić information content (AvgIpc) is 2.61. The second-order valence-corrected chi connectivity index (χ2v) is 6.38. The monoisotopic (exact) mass is 344 g/mol. The van der Waals surface area contributed by atoms with Crippen LogP contribution in [0.1, 0.15) is 18.4 Å². The summed E-state index contributed by atoms with van der Waals surface area (Å²) < 4.78 is 5.98. The number of carbonyl (C=O) groups is 1. The molecular weight excluding hydrogens is 324 g/mol. The Bertz CT molecular complexity index is 678. The van der Waals surface area contributed by atoms with Crippen LogP contribution in [0.25, 0.3) is 0 Å². The molecule has 0 spiro atoms. The van der Waals surface area contributed by atoms with Crippen LogP contribution in [-0.2, 0) is 11.3 Å². The number of piperidine rings is 1. The van der Waals surface area contributed by atoms with Crippen LogP contribution in [0, 0.1) is 0 Å². The Kier molecular flexibility index (Phi) is 5.72. The van der Waals surface area contributed by atoms with E-state index in [1.165, 1.54) is 0 Å². The van der Waals surface area contributed by atoms with Crippen molar-refractivity contribution in [3.8, 4) is 0 Å². The van der Waals surface area contributed by atoms with Crippen molar-refractivity contribution in [2.75, 3.05) is 18.4 Å². The van der Waals surface area contributed by atoms with E-state index in [0.717, 1.165) is 24.9 Å². The summed E-state index contributed by atoms with van der Waals surface area (Å²) in [6.07, 6.45) is 2.00. The van der Waals surface area contributed by atoms with Crippen LogP contribution < -0.4 is 5.32 Å². The number of nitrogens with zero attached hydrogens (tertiary/aromatic N) is 1. The maximum absolute atomic E-state index is 12.4. The molecule has 2 aromatic rings. The lowest BCUT2D eigenvalue weighted by Crippen LogP contribution is -2.45. The first-order chi connectivity index (χ1) is 11.7. The highest BCUT2D eigenvalue weighted by Gasteiger charge is 2.24. The minimum Gasteiger partial charge on any atom is -0.372 e. The number of anilines is 1. The fourth-order valence-electron chi connectivity index (χ4n) is 2.82. The van der Waals surface area contributed by atoms with Gasteiger partial charge in [-0.15, -0.1) is 0 Å². The molecule has 3 rings (SSSR count). The van der Waals surface area contributed by atoms with Crippen molar-refractivity contribution in [2.24, 2.45) is 0 Å². The molecule has 4 nitrogen and oxygen atoms in total. The summed E-state index contributed by atoms with van der Waals surface area (Å²) in [5.74, 6) is 0. The van der Waals surface area contributed by atoms with E-state index < -0.39 is 0 Å². The fraction of sp³-hybridized carbons (Fsp3) is 0.316. The number of amides is 2. The number of urea groups is 1. The molecule has 5 heteroatoms. The van der Waals surface area contributed by atoms with E-state index in [2.05, 4.69) is 5.32 Å². The number of halogens is 1. The summed E-state index contributed by atoms with van der Waals surface area (Å²) in [6, 6.07) is 17.2. The first-order valence-corrected chi connectivity index (χ1v) is 8.55. The molecule has 1 atom stereocenters. The summed E-state index contributed by atoms with van der Waals surface area (Å²) in [7, 11) is 0. The van der Waals surface area contributed by atoms with Crippen molar-refractivity contribution in [1.29, 1.82) is 0 Å². The van der Waals surface area contributed by atoms with Crippen LogP contribution in [0.15, 0.2) is 54.6 Å². The van der Waals surface area contributed by atoms with Crippen molar-refractivity contribution >= 4 is 23.3 Å². The van der Waals surface area contributed by atoms with Gasteiger partial charge in [0.25, 0.3) is 0 Å². The SMILES string of the molecule is O=C(Nc1cccc(Cl)c1)N1CCC[C@H](OCc2ccccc2)C1. The van der Waals surface area contributed by atoms with E-state index in [4.69, 9.17) is 16.3 Å². The lowest BCUT2D eigenvalue weighted by molar-refractivity contribution is 0.00102. The van der Waals surface area contributed by atoms with Gasteiger partial charge in [0.2, 0.25) is 0 Å². The Hall–Kier alpha value is -2.04. The molecule has 1 heterocycles. The highest BCUT2D eigenvalue weighted by atomic mass is 35.5. The minimum atomic E-state index is -0.106. The van der Waals surface area contributed by atoms with E-state index in [1.54, 1.807) is 17.0 Å². The molecule has 1 aliphatic rings. The predicted octanol–water partition coefficient (Wildman–Crippen LogP) is 4.55. The summed E-state index contributed by atoms with van der Waals surface area (Å²) in [6.45, 7) is 1.94. The van der Waals surface area contributed by atoms with Gasteiger partial charge in [-0.2, -0.15) is 0 Å². The van der Waals surface area contributed by atoms with Crippen molar-refractivity contribution in [3.63, 3.8) is 0 Å². The Morgan fingerprint density at radius 3 is 2.83 bits per heavy atom. The summed E-state index contributed by atoms with van der Waals surface area (Å²) in [4.78, 5) is 14.2. The molecule has 1 N–H and O–H groups in total. The Balaban J connectivity index is 1.52. The maximum atomic E-state index is 12.4. The van der Waals surface area contributed by atoms with Crippen molar-refractivity contribution < 1.29 is 9.53 Å².